The van der Waals surface area contributed by atoms with E-state index in [0.29, 0.717) is 5.95 Å². The average molecular weight is 295 g/mol. The standard InChI is InChI=1S/C13H18FN5S/c1-4-5-16-12-17-8-9(14)10(18-12)19-13(2,3)11-15-6-7-20-11/h6-8H,4-5H2,1-3H3,(H2,16,17,18,19). The molecule has 0 saturated carbocycles. The number of aromatic nitrogens is 3. The molecule has 0 saturated heterocycles. The maximum atomic E-state index is 13.8. The Labute approximate surface area is 121 Å². The predicted molar refractivity (Wildman–Crippen MR) is 79.5 cm³/mol. The second-order valence-electron chi connectivity index (χ2n) is 4.90. The van der Waals surface area contributed by atoms with Gasteiger partial charge in [-0.05, 0) is 20.3 Å². The molecule has 7 heteroatoms. The minimum Gasteiger partial charge on any atom is -0.356 e. The lowest BCUT2D eigenvalue weighted by Gasteiger charge is -2.24. The van der Waals surface area contributed by atoms with Gasteiger partial charge in [0.15, 0.2) is 11.6 Å². The molecule has 2 aromatic heterocycles. The topological polar surface area (TPSA) is 62.7 Å². The highest BCUT2D eigenvalue weighted by molar-refractivity contribution is 7.09. The molecule has 2 N–H and O–H groups in total. The Bertz CT molecular complexity index is 556. The Morgan fingerprint density at radius 2 is 2.15 bits per heavy atom. The molecule has 0 atom stereocenters. The van der Waals surface area contributed by atoms with Gasteiger partial charge in [-0.3, -0.25) is 0 Å². The van der Waals surface area contributed by atoms with Crippen molar-refractivity contribution in [3.05, 3.63) is 28.6 Å². The number of anilines is 2. The highest BCUT2D eigenvalue weighted by Crippen LogP contribution is 2.27. The van der Waals surface area contributed by atoms with Crippen LogP contribution in [-0.2, 0) is 5.54 Å². The van der Waals surface area contributed by atoms with Crippen molar-refractivity contribution in [1.29, 1.82) is 0 Å². The van der Waals surface area contributed by atoms with Crippen molar-refractivity contribution in [3.8, 4) is 0 Å². The summed E-state index contributed by atoms with van der Waals surface area (Å²) in [5, 5.41) is 8.89. The van der Waals surface area contributed by atoms with E-state index in [-0.39, 0.29) is 5.82 Å². The molecule has 0 aliphatic heterocycles. The summed E-state index contributed by atoms with van der Waals surface area (Å²) < 4.78 is 13.8. The molecule has 5 nitrogen and oxygen atoms in total. The third-order valence-corrected chi connectivity index (χ3v) is 3.77. The van der Waals surface area contributed by atoms with Crippen LogP contribution in [-0.4, -0.2) is 21.5 Å². The maximum absolute atomic E-state index is 13.8. The van der Waals surface area contributed by atoms with Crippen molar-refractivity contribution in [2.75, 3.05) is 17.2 Å². The number of nitrogens with one attached hydrogen (secondary N) is 2. The lowest BCUT2D eigenvalue weighted by molar-refractivity contribution is 0.571. The number of rotatable bonds is 6. The number of halogens is 1. The molecule has 0 aliphatic rings. The van der Waals surface area contributed by atoms with Crippen LogP contribution in [0.15, 0.2) is 17.8 Å². The summed E-state index contributed by atoms with van der Waals surface area (Å²) in [4.78, 5) is 12.4. The van der Waals surface area contributed by atoms with Crippen molar-refractivity contribution < 1.29 is 4.39 Å². The van der Waals surface area contributed by atoms with Crippen molar-refractivity contribution >= 4 is 23.1 Å². The van der Waals surface area contributed by atoms with E-state index < -0.39 is 11.4 Å². The fraction of sp³-hybridized carbons (Fsp3) is 0.462. The first-order chi connectivity index (χ1) is 9.53. The van der Waals surface area contributed by atoms with E-state index in [4.69, 9.17) is 0 Å². The summed E-state index contributed by atoms with van der Waals surface area (Å²) in [7, 11) is 0. The monoisotopic (exact) mass is 295 g/mol. The Hall–Kier alpha value is -1.76. The van der Waals surface area contributed by atoms with Gasteiger partial charge in [0.2, 0.25) is 5.95 Å². The summed E-state index contributed by atoms with van der Waals surface area (Å²) >= 11 is 1.52. The zero-order valence-corrected chi connectivity index (χ0v) is 12.6. The van der Waals surface area contributed by atoms with Gasteiger partial charge in [0, 0.05) is 18.1 Å². The van der Waals surface area contributed by atoms with Crippen molar-refractivity contribution in [1.82, 2.24) is 15.0 Å². The first kappa shape index (κ1) is 14.6. The van der Waals surface area contributed by atoms with E-state index in [1.807, 2.05) is 26.2 Å². The molecule has 0 spiro atoms. The average Bonchev–Trinajstić information content (AvgIpc) is 2.94. The molecule has 2 rings (SSSR count). The van der Waals surface area contributed by atoms with Crippen LogP contribution in [0.2, 0.25) is 0 Å². The second-order valence-corrected chi connectivity index (χ2v) is 5.80. The Morgan fingerprint density at radius 3 is 2.80 bits per heavy atom. The molecule has 0 bridgehead atoms. The summed E-state index contributed by atoms with van der Waals surface area (Å²) in [5.74, 6) is 0.126. The molecule has 0 aliphatic carbocycles. The number of nitrogens with zero attached hydrogens (tertiary/aromatic N) is 3. The fourth-order valence-corrected chi connectivity index (χ4v) is 2.38. The molecule has 0 unspecified atom stereocenters. The van der Waals surface area contributed by atoms with Gasteiger partial charge in [-0.2, -0.15) is 4.98 Å². The minimum atomic E-state index is -0.495. The van der Waals surface area contributed by atoms with E-state index >= 15 is 0 Å². The molecule has 2 aromatic rings. The van der Waals surface area contributed by atoms with Crippen LogP contribution in [0.3, 0.4) is 0 Å². The first-order valence-corrected chi connectivity index (χ1v) is 7.35. The van der Waals surface area contributed by atoms with Crippen molar-refractivity contribution in [2.24, 2.45) is 0 Å². The molecular weight excluding hydrogens is 277 g/mol. The van der Waals surface area contributed by atoms with Crippen LogP contribution in [0.4, 0.5) is 16.2 Å². The second kappa shape index (κ2) is 6.13. The Morgan fingerprint density at radius 1 is 1.35 bits per heavy atom. The number of thiazole rings is 1. The van der Waals surface area contributed by atoms with Crippen LogP contribution in [0.25, 0.3) is 0 Å². The molecule has 20 heavy (non-hydrogen) atoms. The van der Waals surface area contributed by atoms with Gasteiger partial charge < -0.3 is 10.6 Å². The third-order valence-electron chi connectivity index (χ3n) is 2.68. The Kier molecular flexibility index (Phi) is 4.49. The summed E-state index contributed by atoms with van der Waals surface area (Å²) in [6.45, 7) is 6.67. The Balaban J connectivity index is 2.19. The largest absolute Gasteiger partial charge is 0.356 e. The molecular formula is C13H18FN5S. The van der Waals surface area contributed by atoms with Crippen molar-refractivity contribution in [2.45, 2.75) is 32.7 Å². The van der Waals surface area contributed by atoms with Gasteiger partial charge in [-0.15, -0.1) is 11.3 Å². The lowest BCUT2D eigenvalue weighted by Crippen LogP contribution is -2.29. The maximum Gasteiger partial charge on any atom is 0.224 e. The zero-order chi connectivity index (χ0) is 14.6. The molecule has 0 aromatic carbocycles. The first-order valence-electron chi connectivity index (χ1n) is 6.47. The quantitative estimate of drug-likeness (QED) is 0.856. The smallest absolute Gasteiger partial charge is 0.224 e. The van der Waals surface area contributed by atoms with Gasteiger partial charge in [0.25, 0.3) is 0 Å². The van der Waals surface area contributed by atoms with E-state index in [0.717, 1.165) is 18.0 Å². The van der Waals surface area contributed by atoms with Gasteiger partial charge in [0.05, 0.1) is 11.7 Å². The third kappa shape index (κ3) is 3.41. The van der Waals surface area contributed by atoms with Crippen LogP contribution < -0.4 is 10.6 Å². The number of hydrogen-bond donors (Lipinski definition) is 2. The zero-order valence-electron chi connectivity index (χ0n) is 11.8. The van der Waals surface area contributed by atoms with E-state index in [9.17, 15) is 4.39 Å². The van der Waals surface area contributed by atoms with E-state index in [1.54, 1.807) is 6.20 Å². The van der Waals surface area contributed by atoms with E-state index in [1.165, 1.54) is 17.5 Å². The van der Waals surface area contributed by atoms with Crippen LogP contribution in [0.5, 0.6) is 0 Å². The van der Waals surface area contributed by atoms with E-state index in [2.05, 4.69) is 25.6 Å². The van der Waals surface area contributed by atoms with Crippen molar-refractivity contribution in [3.63, 3.8) is 0 Å². The molecule has 0 fully saturated rings. The fourth-order valence-electron chi connectivity index (χ4n) is 1.66. The molecule has 0 amide bonds. The van der Waals surface area contributed by atoms with Gasteiger partial charge in [-0.1, -0.05) is 6.92 Å². The summed E-state index contributed by atoms with van der Waals surface area (Å²) in [6.07, 6.45) is 3.85. The highest BCUT2D eigenvalue weighted by atomic mass is 32.1. The molecule has 0 radical (unpaired) electrons. The predicted octanol–water partition coefficient (Wildman–Crippen LogP) is 3.24. The number of hydrogen-bond acceptors (Lipinski definition) is 6. The lowest BCUT2D eigenvalue weighted by atomic mass is 10.1. The van der Waals surface area contributed by atoms with Crippen LogP contribution >= 0.6 is 11.3 Å². The SMILES string of the molecule is CCCNc1ncc(F)c(NC(C)(C)c2nccs2)n1. The van der Waals surface area contributed by atoms with Gasteiger partial charge >= 0.3 is 0 Å². The van der Waals surface area contributed by atoms with Gasteiger partial charge in [0.1, 0.15) is 5.01 Å². The highest BCUT2D eigenvalue weighted by Gasteiger charge is 2.25. The molecule has 2 heterocycles. The summed E-state index contributed by atoms with van der Waals surface area (Å²) in [5.41, 5.74) is -0.495. The minimum absolute atomic E-state index is 0.179. The van der Waals surface area contributed by atoms with Gasteiger partial charge in [-0.25, -0.2) is 14.4 Å². The normalized spacial score (nSPS) is 11.4. The molecule has 108 valence electrons. The van der Waals surface area contributed by atoms with Crippen LogP contribution in [0, 0.1) is 5.82 Å². The van der Waals surface area contributed by atoms with Crippen LogP contribution in [0.1, 0.15) is 32.2 Å². The summed E-state index contributed by atoms with van der Waals surface area (Å²) in [6, 6.07) is 0.